The molecule has 0 radical (unpaired) electrons. The summed E-state index contributed by atoms with van der Waals surface area (Å²) in [6, 6.07) is 10.9. The van der Waals surface area contributed by atoms with Crippen LogP contribution in [0.3, 0.4) is 0 Å². The van der Waals surface area contributed by atoms with Crippen molar-refractivity contribution in [2.75, 3.05) is 19.6 Å². The van der Waals surface area contributed by atoms with Crippen LogP contribution in [0.1, 0.15) is 62.3 Å². The molecule has 1 fully saturated rings. The van der Waals surface area contributed by atoms with E-state index in [0.29, 0.717) is 10.9 Å². The van der Waals surface area contributed by atoms with Crippen molar-refractivity contribution in [3.63, 3.8) is 0 Å². The maximum absolute atomic E-state index is 13.3. The van der Waals surface area contributed by atoms with Crippen molar-refractivity contribution in [3.05, 3.63) is 64.2 Å². The summed E-state index contributed by atoms with van der Waals surface area (Å²) in [5.41, 5.74) is 3.54. The van der Waals surface area contributed by atoms with Crippen LogP contribution in [0.2, 0.25) is 5.02 Å². The monoisotopic (exact) mass is 560 g/mol. The van der Waals surface area contributed by atoms with Crippen molar-refractivity contribution in [3.8, 4) is 0 Å². The summed E-state index contributed by atoms with van der Waals surface area (Å²) in [6.07, 6.45) is 3.59. The topological polar surface area (TPSA) is 108 Å². The molecule has 2 aromatic rings. The van der Waals surface area contributed by atoms with E-state index in [0.717, 1.165) is 48.6 Å². The van der Waals surface area contributed by atoms with Crippen LogP contribution in [0.4, 0.5) is 0 Å². The largest absolute Gasteiger partial charge is 0.353 e. The van der Waals surface area contributed by atoms with Gasteiger partial charge in [-0.25, -0.2) is 8.42 Å². The number of sulfonamides is 1. The van der Waals surface area contributed by atoms with E-state index >= 15 is 0 Å². The number of rotatable bonds is 10. The Morgan fingerprint density at radius 3 is 2.68 bits per heavy atom. The molecule has 0 spiro atoms. The Hall–Kier alpha value is -2.46. The van der Waals surface area contributed by atoms with Gasteiger partial charge in [-0.3, -0.25) is 9.59 Å². The SMILES string of the molecule is CC(C)CCNCc1ccc2c(c1)CCC[C@H]2NC(=O)CC1C(=O)NCCN1S(=O)(=O)c1ccc(Cl)cc1. The maximum atomic E-state index is 13.3. The van der Waals surface area contributed by atoms with Crippen LogP contribution in [0.5, 0.6) is 0 Å². The summed E-state index contributed by atoms with van der Waals surface area (Å²) < 4.78 is 27.8. The predicted octanol–water partition coefficient (Wildman–Crippen LogP) is 3.55. The van der Waals surface area contributed by atoms with Crippen molar-refractivity contribution in [2.24, 2.45) is 5.92 Å². The molecule has 38 heavy (non-hydrogen) atoms. The van der Waals surface area contributed by atoms with Crippen molar-refractivity contribution >= 4 is 33.4 Å². The van der Waals surface area contributed by atoms with Gasteiger partial charge in [0.2, 0.25) is 21.8 Å². The summed E-state index contributed by atoms with van der Waals surface area (Å²) in [6.45, 7) is 6.50. The highest BCUT2D eigenvalue weighted by Crippen LogP contribution is 2.31. The minimum absolute atomic E-state index is 0.0396. The molecule has 2 aliphatic rings. The molecule has 8 nitrogen and oxygen atoms in total. The molecule has 2 aromatic carbocycles. The molecule has 1 unspecified atom stereocenters. The number of carbonyl (C=O) groups is 2. The van der Waals surface area contributed by atoms with E-state index in [1.165, 1.54) is 35.4 Å². The highest BCUT2D eigenvalue weighted by Gasteiger charge is 2.40. The Labute approximate surface area is 230 Å². The lowest BCUT2D eigenvalue weighted by Gasteiger charge is -2.34. The molecule has 3 N–H and O–H groups in total. The standard InChI is InChI=1S/C28H37ClN4O4S/c1-19(2)12-13-30-18-20-6-11-24-21(16-20)4-3-5-25(24)32-27(34)17-26-28(35)31-14-15-33(26)38(36,37)23-9-7-22(29)8-10-23/h6-11,16,19,25-26,30H,3-5,12-15,17-18H2,1-2H3,(H,31,35)(H,32,34)/t25-,26?/m1/s1. The van der Waals surface area contributed by atoms with Gasteiger partial charge in [0.25, 0.3) is 0 Å². The number of benzene rings is 2. The zero-order valence-corrected chi connectivity index (χ0v) is 23.6. The molecule has 0 bridgehead atoms. The van der Waals surface area contributed by atoms with E-state index in [4.69, 9.17) is 11.6 Å². The van der Waals surface area contributed by atoms with Crippen LogP contribution in [0.25, 0.3) is 0 Å². The van der Waals surface area contributed by atoms with Gasteiger partial charge >= 0.3 is 0 Å². The molecule has 0 aromatic heterocycles. The molecule has 0 saturated carbocycles. The van der Waals surface area contributed by atoms with E-state index < -0.39 is 22.0 Å². The fraction of sp³-hybridized carbons (Fsp3) is 0.500. The van der Waals surface area contributed by atoms with Crippen LogP contribution in [-0.2, 0) is 32.6 Å². The second kappa shape index (κ2) is 12.6. The third-order valence-corrected chi connectivity index (χ3v) is 9.34. The number of amides is 2. The molecule has 10 heteroatoms. The van der Waals surface area contributed by atoms with E-state index in [2.05, 4.69) is 48.0 Å². The number of piperazine rings is 1. The minimum Gasteiger partial charge on any atom is -0.353 e. The van der Waals surface area contributed by atoms with Gasteiger partial charge in [0.1, 0.15) is 6.04 Å². The molecule has 1 saturated heterocycles. The maximum Gasteiger partial charge on any atom is 0.243 e. The van der Waals surface area contributed by atoms with Crippen LogP contribution in [-0.4, -0.2) is 50.2 Å². The smallest absolute Gasteiger partial charge is 0.243 e. The quantitative estimate of drug-likeness (QED) is 0.385. The molecular formula is C28H37ClN4O4S. The van der Waals surface area contributed by atoms with Crippen molar-refractivity contribution in [2.45, 2.75) is 69.5 Å². The number of nitrogens with one attached hydrogen (secondary N) is 3. The number of hydrogen-bond acceptors (Lipinski definition) is 5. The third kappa shape index (κ3) is 6.94. The first kappa shape index (κ1) is 28.5. The number of aryl methyl sites for hydroxylation is 1. The minimum atomic E-state index is -3.98. The van der Waals surface area contributed by atoms with Gasteiger partial charge in [-0.05, 0) is 79.1 Å². The van der Waals surface area contributed by atoms with Crippen LogP contribution < -0.4 is 16.0 Å². The number of fused-ring (bicyclic) bond motifs is 1. The fourth-order valence-corrected chi connectivity index (χ4v) is 6.81. The molecule has 1 aliphatic heterocycles. The molecule has 4 rings (SSSR count). The molecular weight excluding hydrogens is 524 g/mol. The molecule has 1 aliphatic carbocycles. The van der Waals surface area contributed by atoms with Crippen molar-refractivity contribution in [1.29, 1.82) is 0 Å². The second-order valence-corrected chi connectivity index (χ2v) is 12.8. The molecule has 1 heterocycles. The number of hydrogen-bond donors (Lipinski definition) is 3. The summed E-state index contributed by atoms with van der Waals surface area (Å²) >= 11 is 5.92. The number of nitrogens with zero attached hydrogens (tertiary/aromatic N) is 1. The van der Waals surface area contributed by atoms with Crippen molar-refractivity contribution in [1.82, 2.24) is 20.3 Å². The Balaban J connectivity index is 1.43. The fourth-order valence-electron chi connectivity index (χ4n) is 5.10. The summed E-state index contributed by atoms with van der Waals surface area (Å²) in [5, 5.41) is 9.68. The van der Waals surface area contributed by atoms with Gasteiger partial charge in [0.05, 0.1) is 17.4 Å². The first-order chi connectivity index (χ1) is 18.1. The van der Waals surface area contributed by atoms with E-state index in [1.807, 2.05) is 0 Å². The lowest BCUT2D eigenvalue weighted by Crippen LogP contribution is -2.58. The van der Waals surface area contributed by atoms with Gasteiger partial charge in [-0.2, -0.15) is 4.31 Å². The normalized spacial score (nSPS) is 20.2. The zero-order chi connectivity index (χ0) is 27.3. The van der Waals surface area contributed by atoms with Crippen LogP contribution >= 0.6 is 11.6 Å². The summed E-state index contributed by atoms with van der Waals surface area (Å²) in [4.78, 5) is 25.9. The lowest BCUT2D eigenvalue weighted by molar-refractivity contribution is -0.132. The van der Waals surface area contributed by atoms with Crippen molar-refractivity contribution < 1.29 is 18.0 Å². The van der Waals surface area contributed by atoms with Gasteiger partial charge in [0, 0.05) is 24.7 Å². The zero-order valence-electron chi connectivity index (χ0n) is 22.0. The average Bonchev–Trinajstić information content (AvgIpc) is 2.88. The van der Waals surface area contributed by atoms with E-state index in [9.17, 15) is 18.0 Å². The Kier molecular flexibility index (Phi) is 9.46. The first-order valence-electron chi connectivity index (χ1n) is 13.3. The summed E-state index contributed by atoms with van der Waals surface area (Å²) in [5.74, 6) is -0.150. The van der Waals surface area contributed by atoms with Gasteiger partial charge in [-0.15, -0.1) is 0 Å². The highest BCUT2D eigenvalue weighted by atomic mass is 35.5. The Bertz CT molecular complexity index is 1250. The highest BCUT2D eigenvalue weighted by molar-refractivity contribution is 7.89. The lowest BCUT2D eigenvalue weighted by atomic mass is 9.86. The predicted molar refractivity (Wildman–Crippen MR) is 148 cm³/mol. The third-order valence-electron chi connectivity index (χ3n) is 7.17. The molecule has 2 amide bonds. The Morgan fingerprint density at radius 1 is 1.18 bits per heavy atom. The number of halogens is 1. The van der Waals surface area contributed by atoms with Gasteiger partial charge in [0.15, 0.2) is 0 Å². The number of carbonyl (C=O) groups excluding carboxylic acids is 2. The summed E-state index contributed by atoms with van der Waals surface area (Å²) in [7, 11) is -3.98. The average molecular weight is 561 g/mol. The molecule has 2 atom stereocenters. The van der Waals surface area contributed by atoms with Gasteiger partial charge in [-0.1, -0.05) is 43.6 Å². The van der Waals surface area contributed by atoms with E-state index in [-0.39, 0.29) is 36.4 Å². The second-order valence-electron chi connectivity index (χ2n) is 10.5. The van der Waals surface area contributed by atoms with Gasteiger partial charge < -0.3 is 16.0 Å². The Morgan fingerprint density at radius 2 is 1.95 bits per heavy atom. The van der Waals surface area contributed by atoms with Crippen LogP contribution in [0.15, 0.2) is 47.4 Å². The van der Waals surface area contributed by atoms with Crippen LogP contribution in [0, 0.1) is 5.92 Å². The first-order valence-corrected chi connectivity index (χ1v) is 15.1. The molecule has 206 valence electrons. The van der Waals surface area contributed by atoms with E-state index in [1.54, 1.807) is 0 Å².